The highest BCUT2D eigenvalue weighted by Gasteiger charge is 2.34. The van der Waals surface area contributed by atoms with Crippen molar-refractivity contribution in [1.29, 1.82) is 5.26 Å². The molecule has 1 unspecified atom stereocenters. The number of rotatable bonds is 4. The topological polar surface area (TPSA) is 110 Å². The lowest BCUT2D eigenvalue weighted by Crippen LogP contribution is -2.60. The SMILES string of the molecule is COC(=O)c1cccc(N/C(=N/C#N)N2CCN(C(=O)Nc3cccc(F)c3)CC2C(C)C)c1C. The van der Waals surface area contributed by atoms with Crippen molar-refractivity contribution in [3.05, 3.63) is 59.4 Å². The second-order valence-corrected chi connectivity index (χ2v) is 8.52. The molecule has 10 heteroatoms. The molecular weight excluding hydrogens is 451 g/mol. The number of guanidine groups is 1. The molecule has 2 N–H and O–H groups in total. The number of anilines is 2. The van der Waals surface area contributed by atoms with Gasteiger partial charge in [0.25, 0.3) is 0 Å². The molecule has 35 heavy (non-hydrogen) atoms. The van der Waals surface area contributed by atoms with E-state index in [9.17, 15) is 19.2 Å². The van der Waals surface area contributed by atoms with E-state index >= 15 is 0 Å². The predicted molar refractivity (Wildman–Crippen MR) is 132 cm³/mol. The number of esters is 1. The molecule has 1 saturated heterocycles. The van der Waals surface area contributed by atoms with Gasteiger partial charge in [0.1, 0.15) is 5.82 Å². The van der Waals surface area contributed by atoms with Crippen LogP contribution >= 0.6 is 0 Å². The van der Waals surface area contributed by atoms with Gasteiger partial charge in [-0.05, 0) is 48.7 Å². The predicted octanol–water partition coefficient (Wildman–Crippen LogP) is 4.04. The van der Waals surface area contributed by atoms with Crippen molar-refractivity contribution < 1.29 is 18.7 Å². The van der Waals surface area contributed by atoms with Crippen LogP contribution in [0.1, 0.15) is 29.8 Å². The number of benzene rings is 2. The number of nitrogens with one attached hydrogen (secondary N) is 2. The number of methoxy groups -OCH3 is 1. The van der Waals surface area contributed by atoms with E-state index in [1.54, 1.807) is 36.1 Å². The summed E-state index contributed by atoms with van der Waals surface area (Å²) in [5.74, 6) is -0.431. The first-order valence-corrected chi connectivity index (χ1v) is 11.2. The van der Waals surface area contributed by atoms with Crippen molar-refractivity contribution in [3.63, 3.8) is 0 Å². The number of ether oxygens (including phenoxy) is 1. The standard InChI is InChI=1S/C25H29FN6O3/c1-16(2)22-14-31(25(34)29-19-8-5-7-18(26)13-19)11-12-32(22)24(28-15-27)30-21-10-6-9-20(17(21)3)23(33)35-4/h5-10,13,16,22H,11-12,14H2,1-4H3,(H,28,30)(H,29,34). The minimum atomic E-state index is -0.456. The van der Waals surface area contributed by atoms with Crippen molar-refractivity contribution in [2.24, 2.45) is 10.9 Å². The third-order valence-electron chi connectivity index (χ3n) is 5.96. The zero-order valence-corrected chi connectivity index (χ0v) is 20.2. The lowest BCUT2D eigenvalue weighted by molar-refractivity contribution is 0.0600. The van der Waals surface area contributed by atoms with Gasteiger partial charge < -0.3 is 25.2 Å². The molecule has 184 valence electrons. The molecule has 0 aromatic heterocycles. The summed E-state index contributed by atoms with van der Waals surface area (Å²) in [6.07, 6.45) is 1.85. The van der Waals surface area contributed by atoms with Gasteiger partial charge in [-0.2, -0.15) is 5.26 Å². The fourth-order valence-corrected chi connectivity index (χ4v) is 4.03. The number of carbonyl (C=O) groups excluding carboxylic acids is 2. The third-order valence-corrected chi connectivity index (χ3v) is 5.96. The number of carbonyl (C=O) groups is 2. The van der Waals surface area contributed by atoms with Crippen LogP contribution in [0.25, 0.3) is 0 Å². The minimum Gasteiger partial charge on any atom is -0.465 e. The summed E-state index contributed by atoms with van der Waals surface area (Å²) in [5, 5.41) is 15.3. The second-order valence-electron chi connectivity index (χ2n) is 8.52. The Balaban J connectivity index is 1.80. The Morgan fingerprint density at radius 1 is 1.20 bits per heavy atom. The Kier molecular flexibility index (Phi) is 8.25. The van der Waals surface area contributed by atoms with Crippen LogP contribution in [0.4, 0.5) is 20.6 Å². The molecule has 2 aromatic rings. The zero-order valence-electron chi connectivity index (χ0n) is 20.2. The molecule has 1 aliphatic rings. The summed E-state index contributed by atoms with van der Waals surface area (Å²) in [4.78, 5) is 32.6. The van der Waals surface area contributed by atoms with Crippen LogP contribution in [0.2, 0.25) is 0 Å². The van der Waals surface area contributed by atoms with Crippen LogP contribution in [0.15, 0.2) is 47.5 Å². The van der Waals surface area contributed by atoms with Crippen molar-refractivity contribution in [2.45, 2.75) is 26.8 Å². The van der Waals surface area contributed by atoms with E-state index in [0.29, 0.717) is 48.1 Å². The van der Waals surface area contributed by atoms with Crippen LogP contribution in [-0.2, 0) is 4.74 Å². The molecule has 0 bridgehead atoms. The molecule has 1 fully saturated rings. The number of hydrogen-bond acceptors (Lipinski definition) is 5. The number of piperazine rings is 1. The molecule has 0 saturated carbocycles. The van der Waals surface area contributed by atoms with E-state index in [4.69, 9.17) is 4.74 Å². The maximum atomic E-state index is 13.5. The number of nitriles is 1. The average Bonchev–Trinajstić information content (AvgIpc) is 2.84. The molecule has 9 nitrogen and oxygen atoms in total. The normalized spacial score (nSPS) is 16.0. The lowest BCUT2D eigenvalue weighted by Gasteiger charge is -2.44. The highest BCUT2D eigenvalue weighted by Crippen LogP contribution is 2.23. The van der Waals surface area contributed by atoms with Crippen LogP contribution in [-0.4, -0.2) is 60.5 Å². The largest absolute Gasteiger partial charge is 0.465 e. The Morgan fingerprint density at radius 2 is 1.94 bits per heavy atom. The van der Waals surface area contributed by atoms with Crippen LogP contribution in [0.5, 0.6) is 0 Å². The maximum Gasteiger partial charge on any atom is 0.338 e. The van der Waals surface area contributed by atoms with Crippen LogP contribution in [0.3, 0.4) is 0 Å². The van der Waals surface area contributed by atoms with Gasteiger partial charge in [-0.25, -0.2) is 14.0 Å². The zero-order chi connectivity index (χ0) is 25.5. The number of nitrogens with zero attached hydrogens (tertiary/aromatic N) is 4. The van der Waals surface area contributed by atoms with Gasteiger partial charge in [0.05, 0.1) is 18.7 Å². The smallest absolute Gasteiger partial charge is 0.338 e. The number of amides is 2. The van der Waals surface area contributed by atoms with E-state index in [-0.39, 0.29) is 18.0 Å². The van der Waals surface area contributed by atoms with E-state index in [1.807, 2.05) is 24.9 Å². The summed E-state index contributed by atoms with van der Waals surface area (Å²) < 4.78 is 18.3. The molecule has 3 rings (SSSR count). The Hall–Kier alpha value is -4.13. The molecule has 1 heterocycles. The molecule has 0 radical (unpaired) electrons. The van der Waals surface area contributed by atoms with Crippen LogP contribution in [0, 0.1) is 30.1 Å². The Morgan fingerprint density at radius 3 is 2.60 bits per heavy atom. The summed E-state index contributed by atoms with van der Waals surface area (Å²) in [6, 6.07) is 10.5. The van der Waals surface area contributed by atoms with Gasteiger partial charge in [-0.1, -0.05) is 26.0 Å². The Bertz CT molecular complexity index is 1160. The van der Waals surface area contributed by atoms with E-state index < -0.39 is 11.8 Å². The van der Waals surface area contributed by atoms with Gasteiger partial charge in [-0.15, -0.1) is 4.99 Å². The van der Waals surface area contributed by atoms with Gasteiger partial charge in [0.15, 0.2) is 0 Å². The lowest BCUT2D eigenvalue weighted by atomic mass is 10.00. The molecule has 0 aliphatic carbocycles. The molecule has 2 amide bonds. The summed E-state index contributed by atoms with van der Waals surface area (Å²) >= 11 is 0. The first-order valence-electron chi connectivity index (χ1n) is 11.2. The average molecular weight is 481 g/mol. The van der Waals surface area contributed by atoms with E-state index in [2.05, 4.69) is 15.6 Å². The van der Waals surface area contributed by atoms with Crippen LogP contribution < -0.4 is 10.6 Å². The van der Waals surface area contributed by atoms with Gasteiger partial charge in [0, 0.05) is 31.0 Å². The van der Waals surface area contributed by atoms with Gasteiger partial charge >= 0.3 is 12.0 Å². The number of hydrogen-bond donors (Lipinski definition) is 2. The second kappa shape index (κ2) is 11.3. The first kappa shape index (κ1) is 25.5. The molecule has 0 spiro atoms. The first-order chi connectivity index (χ1) is 16.7. The number of halogens is 1. The maximum absolute atomic E-state index is 13.5. The minimum absolute atomic E-state index is 0.118. The monoisotopic (exact) mass is 480 g/mol. The molecule has 2 aromatic carbocycles. The fourth-order valence-electron chi connectivity index (χ4n) is 4.03. The van der Waals surface area contributed by atoms with Crippen molar-refractivity contribution >= 4 is 29.3 Å². The third kappa shape index (κ3) is 6.06. The van der Waals surface area contributed by atoms with E-state index in [1.165, 1.54) is 25.3 Å². The number of aliphatic imine (C=N–C) groups is 1. The van der Waals surface area contributed by atoms with Crippen molar-refractivity contribution in [3.8, 4) is 6.19 Å². The highest BCUT2D eigenvalue weighted by atomic mass is 19.1. The summed E-state index contributed by atoms with van der Waals surface area (Å²) in [7, 11) is 1.32. The summed E-state index contributed by atoms with van der Waals surface area (Å²) in [6.45, 7) is 7.01. The summed E-state index contributed by atoms with van der Waals surface area (Å²) in [5.41, 5.74) is 2.08. The molecule has 1 aliphatic heterocycles. The van der Waals surface area contributed by atoms with Gasteiger partial charge in [0.2, 0.25) is 12.2 Å². The Labute approximate surface area is 204 Å². The van der Waals surface area contributed by atoms with E-state index in [0.717, 1.165) is 0 Å². The number of urea groups is 1. The fraction of sp³-hybridized carbons (Fsp3) is 0.360. The van der Waals surface area contributed by atoms with Crippen molar-refractivity contribution in [2.75, 3.05) is 37.4 Å². The highest BCUT2D eigenvalue weighted by molar-refractivity contribution is 5.98. The molecular formula is C25H29FN6O3. The van der Waals surface area contributed by atoms with Gasteiger partial charge in [-0.3, -0.25) is 0 Å². The quantitative estimate of drug-likeness (QED) is 0.296. The molecule has 1 atom stereocenters. The van der Waals surface area contributed by atoms with Crippen molar-refractivity contribution in [1.82, 2.24) is 9.80 Å².